The molecule has 0 aliphatic rings. The first-order valence-electron chi connectivity index (χ1n) is 10.6. The van der Waals surface area contributed by atoms with Gasteiger partial charge in [-0.3, -0.25) is 0 Å². The van der Waals surface area contributed by atoms with Gasteiger partial charge in [0.2, 0.25) is 5.95 Å². The van der Waals surface area contributed by atoms with E-state index in [-0.39, 0.29) is 11.8 Å². The molecule has 2 aromatic carbocycles. The highest BCUT2D eigenvalue weighted by Gasteiger charge is 2.35. The van der Waals surface area contributed by atoms with Gasteiger partial charge in [-0.1, -0.05) is 38.3 Å². The maximum atomic E-state index is 13.5. The molecule has 0 saturated heterocycles. The molecule has 0 spiro atoms. The first-order valence-corrected chi connectivity index (χ1v) is 10.6. The zero-order valence-electron chi connectivity index (χ0n) is 18.2. The number of anilines is 4. The summed E-state index contributed by atoms with van der Waals surface area (Å²) in [5, 5.41) is 5.71. The van der Waals surface area contributed by atoms with E-state index in [0.717, 1.165) is 19.0 Å². The van der Waals surface area contributed by atoms with Gasteiger partial charge in [-0.05, 0) is 54.8 Å². The van der Waals surface area contributed by atoms with E-state index < -0.39 is 11.7 Å². The van der Waals surface area contributed by atoms with Crippen LogP contribution in [0, 0.1) is 0 Å². The van der Waals surface area contributed by atoms with Gasteiger partial charge >= 0.3 is 6.18 Å². The van der Waals surface area contributed by atoms with Crippen molar-refractivity contribution in [1.82, 2.24) is 9.97 Å². The van der Waals surface area contributed by atoms with E-state index in [4.69, 9.17) is 4.74 Å². The highest BCUT2D eigenvalue weighted by atomic mass is 19.4. The Hall–Kier alpha value is -3.29. The van der Waals surface area contributed by atoms with Gasteiger partial charge in [0.05, 0.1) is 7.11 Å². The van der Waals surface area contributed by atoms with Gasteiger partial charge in [0.15, 0.2) is 0 Å². The summed E-state index contributed by atoms with van der Waals surface area (Å²) < 4.78 is 45.5. The Morgan fingerprint density at radius 1 is 0.875 bits per heavy atom. The summed E-state index contributed by atoms with van der Waals surface area (Å²) in [5.41, 5.74) is 1.44. The molecule has 0 radical (unpaired) electrons. The molecule has 0 bridgehead atoms. The minimum Gasteiger partial charge on any atom is -0.497 e. The number of ether oxygens (including phenoxy) is 1. The first kappa shape index (κ1) is 23.4. The Kier molecular flexibility index (Phi) is 7.92. The lowest BCUT2D eigenvalue weighted by molar-refractivity contribution is -0.137. The average molecular weight is 445 g/mol. The Morgan fingerprint density at radius 3 is 2.16 bits per heavy atom. The van der Waals surface area contributed by atoms with E-state index in [1.807, 2.05) is 24.3 Å². The number of unbranched alkanes of at least 4 members (excludes halogenated alkanes) is 3. The first-order chi connectivity index (χ1) is 15.4. The van der Waals surface area contributed by atoms with Gasteiger partial charge in [-0.15, -0.1) is 0 Å². The van der Waals surface area contributed by atoms with Gasteiger partial charge < -0.3 is 15.4 Å². The zero-order valence-corrected chi connectivity index (χ0v) is 18.2. The molecule has 0 saturated carbocycles. The molecule has 0 aliphatic heterocycles. The molecule has 3 rings (SSSR count). The molecule has 2 N–H and O–H groups in total. The van der Waals surface area contributed by atoms with Crippen LogP contribution in [-0.4, -0.2) is 17.1 Å². The van der Waals surface area contributed by atoms with Gasteiger partial charge in [0, 0.05) is 17.6 Å². The number of aryl methyl sites for hydroxylation is 1. The molecule has 0 amide bonds. The Balaban J connectivity index is 1.74. The summed E-state index contributed by atoms with van der Waals surface area (Å²) in [7, 11) is 1.52. The number of alkyl halides is 3. The van der Waals surface area contributed by atoms with Gasteiger partial charge in [0.1, 0.15) is 17.1 Å². The lowest BCUT2D eigenvalue weighted by Crippen LogP contribution is -2.12. The van der Waals surface area contributed by atoms with Crippen LogP contribution in [0.5, 0.6) is 5.75 Å². The molecule has 1 heterocycles. The molecule has 0 unspecified atom stereocenters. The minimum absolute atomic E-state index is 0.0738. The second kappa shape index (κ2) is 10.8. The summed E-state index contributed by atoms with van der Waals surface area (Å²) in [6, 6.07) is 14.3. The number of halogens is 3. The molecule has 0 atom stereocenters. The summed E-state index contributed by atoms with van der Waals surface area (Å²) >= 11 is 0. The second-order valence-corrected chi connectivity index (χ2v) is 7.44. The summed E-state index contributed by atoms with van der Waals surface area (Å²) in [6.07, 6.45) is 1.98. The third-order valence-corrected chi connectivity index (χ3v) is 4.98. The van der Waals surface area contributed by atoms with Crippen molar-refractivity contribution in [3.63, 3.8) is 0 Å². The number of rotatable bonds is 10. The Bertz CT molecular complexity index is 990. The van der Waals surface area contributed by atoms with Gasteiger partial charge in [-0.2, -0.15) is 18.2 Å². The Morgan fingerprint density at radius 2 is 1.53 bits per heavy atom. The summed E-state index contributed by atoms with van der Waals surface area (Å²) in [6.45, 7) is 2.18. The van der Waals surface area contributed by atoms with Crippen molar-refractivity contribution < 1.29 is 17.9 Å². The number of benzene rings is 2. The largest absolute Gasteiger partial charge is 0.497 e. The van der Waals surface area contributed by atoms with Crippen molar-refractivity contribution in [3.05, 3.63) is 65.9 Å². The van der Waals surface area contributed by atoms with Crippen molar-refractivity contribution in [2.45, 2.75) is 45.2 Å². The average Bonchev–Trinajstić information content (AvgIpc) is 2.78. The molecule has 1 aromatic heterocycles. The third kappa shape index (κ3) is 6.60. The predicted molar refractivity (Wildman–Crippen MR) is 121 cm³/mol. The monoisotopic (exact) mass is 444 g/mol. The van der Waals surface area contributed by atoms with Crippen LogP contribution in [-0.2, 0) is 12.6 Å². The standard InChI is InChI=1S/C24H27F3N4O/c1-3-4-5-6-7-17-8-10-19(11-9-17)30-23-28-16-21(24(25,26)27)22(31-23)29-18-12-14-20(32-2)15-13-18/h8-16H,3-7H2,1-2H3,(H2,28,29,30,31). The van der Waals surface area contributed by atoms with Crippen molar-refractivity contribution in [2.24, 2.45) is 0 Å². The van der Waals surface area contributed by atoms with E-state index in [2.05, 4.69) is 27.5 Å². The van der Waals surface area contributed by atoms with Crippen molar-refractivity contribution in [1.29, 1.82) is 0 Å². The number of hydrogen-bond donors (Lipinski definition) is 2. The van der Waals surface area contributed by atoms with E-state index in [9.17, 15) is 13.2 Å². The Labute approximate surface area is 186 Å². The highest BCUT2D eigenvalue weighted by Crippen LogP contribution is 2.35. The molecule has 5 nitrogen and oxygen atoms in total. The van der Waals surface area contributed by atoms with Crippen molar-refractivity contribution >= 4 is 23.1 Å². The lowest BCUT2D eigenvalue weighted by atomic mass is 10.1. The minimum atomic E-state index is -4.59. The normalized spacial score (nSPS) is 11.3. The molecular formula is C24H27F3N4O. The molecule has 0 aliphatic carbocycles. The highest BCUT2D eigenvalue weighted by molar-refractivity contribution is 5.63. The zero-order chi connectivity index (χ0) is 23.0. The smallest absolute Gasteiger partial charge is 0.421 e. The molecule has 32 heavy (non-hydrogen) atoms. The van der Waals surface area contributed by atoms with Crippen LogP contribution in [0.4, 0.5) is 36.3 Å². The molecule has 170 valence electrons. The quantitative estimate of drug-likeness (QED) is 0.326. The van der Waals surface area contributed by atoms with E-state index >= 15 is 0 Å². The number of aromatic nitrogens is 2. The maximum Gasteiger partial charge on any atom is 0.421 e. The number of nitrogens with one attached hydrogen (secondary N) is 2. The van der Waals surface area contributed by atoms with E-state index in [1.165, 1.54) is 31.9 Å². The van der Waals surface area contributed by atoms with Gasteiger partial charge in [0.25, 0.3) is 0 Å². The van der Waals surface area contributed by atoms with E-state index in [0.29, 0.717) is 17.1 Å². The fourth-order valence-electron chi connectivity index (χ4n) is 3.20. The topological polar surface area (TPSA) is 59.1 Å². The van der Waals surface area contributed by atoms with Crippen LogP contribution in [0.2, 0.25) is 0 Å². The maximum absolute atomic E-state index is 13.5. The summed E-state index contributed by atoms with van der Waals surface area (Å²) in [5.74, 6) is 0.350. The molecule has 8 heteroatoms. The van der Waals surface area contributed by atoms with Crippen molar-refractivity contribution in [3.8, 4) is 5.75 Å². The molecule has 3 aromatic rings. The SMILES string of the molecule is CCCCCCc1ccc(Nc2ncc(C(F)(F)F)c(Nc3ccc(OC)cc3)n2)cc1. The summed E-state index contributed by atoms with van der Waals surface area (Å²) in [4.78, 5) is 7.94. The predicted octanol–water partition coefficient (Wildman–Crippen LogP) is 7.11. The fraction of sp³-hybridized carbons (Fsp3) is 0.333. The number of methoxy groups -OCH3 is 1. The van der Waals surface area contributed by atoms with Crippen LogP contribution in [0.25, 0.3) is 0 Å². The van der Waals surface area contributed by atoms with Crippen LogP contribution in [0.15, 0.2) is 54.7 Å². The van der Waals surface area contributed by atoms with Crippen LogP contribution in [0.1, 0.15) is 43.7 Å². The van der Waals surface area contributed by atoms with Crippen LogP contribution in [0.3, 0.4) is 0 Å². The molecular weight excluding hydrogens is 417 g/mol. The fourth-order valence-corrected chi connectivity index (χ4v) is 3.20. The lowest BCUT2D eigenvalue weighted by Gasteiger charge is -2.15. The van der Waals surface area contributed by atoms with E-state index in [1.54, 1.807) is 24.3 Å². The number of nitrogens with zero attached hydrogens (tertiary/aromatic N) is 2. The third-order valence-electron chi connectivity index (χ3n) is 4.98. The van der Waals surface area contributed by atoms with Crippen LogP contribution >= 0.6 is 0 Å². The molecule has 0 fully saturated rings. The second-order valence-electron chi connectivity index (χ2n) is 7.44. The van der Waals surface area contributed by atoms with Crippen LogP contribution < -0.4 is 15.4 Å². The van der Waals surface area contributed by atoms with Crippen molar-refractivity contribution in [2.75, 3.05) is 17.7 Å². The van der Waals surface area contributed by atoms with Gasteiger partial charge in [-0.25, -0.2) is 4.98 Å². The number of hydrogen-bond acceptors (Lipinski definition) is 5.